The van der Waals surface area contributed by atoms with Crippen molar-refractivity contribution in [2.75, 3.05) is 14.1 Å². The molecule has 0 heterocycles. The van der Waals surface area contributed by atoms with Gasteiger partial charge < -0.3 is 26.2 Å². The largest absolute Gasteiger partial charge is 0.510 e. The van der Waals surface area contributed by atoms with E-state index < -0.39 is 58.0 Å². The summed E-state index contributed by atoms with van der Waals surface area (Å²) in [7, 11) is 3.17. The maximum Gasteiger partial charge on any atom is 0.255 e. The average Bonchev–Trinajstić information content (AvgIpc) is 2.86. The van der Waals surface area contributed by atoms with Gasteiger partial charge in [-0.1, -0.05) is 29.5 Å². The lowest BCUT2D eigenvalue weighted by Gasteiger charge is -2.50. The average molecular weight is 529 g/mol. The van der Waals surface area contributed by atoms with Crippen molar-refractivity contribution in [2.24, 2.45) is 17.6 Å². The molecule has 0 spiro atoms. The number of rotatable bonds is 2. The molecule has 200 valence electrons. The Bertz CT molecular complexity index is 1570. The van der Waals surface area contributed by atoms with Crippen LogP contribution in [0.25, 0.3) is 0 Å². The number of nitrogens with two attached hydrogens (primary N) is 1. The van der Waals surface area contributed by atoms with E-state index in [9.17, 15) is 34.8 Å². The lowest BCUT2D eigenvalue weighted by atomic mass is 9.58. The fourth-order valence-corrected chi connectivity index (χ4v) is 6.14. The Balaban J connectivity index is 1.66. The van der Waals surface area contributed by atoms with Crippen molar-refractivity contribution in [3.63, 3.8) is 0 Å². The first-order valence-electron chi connectivity index (χ1n) is 12.5. The number of carbonyl (C=O) groups excluding carboxylic acids is 3. The Morgan fingerprint density at radius 3 is 2.33 bits per heavy atom. The second kappa shape index (κ2) is 9.12. The van der Waals surface area contributed by atoms with E-state index in [2.05, 4.69) is 11.8 Å². The molecule has 0 unspecified atom stereocenters. The molecule has 3 aliphatic carbocycles. The first kappa shape index (κ1) is 26.2. The van der Waals surface area contributed by atoms with Gasteiger partial charge in [-0.05, 0) is 69.6 Å². The number of likely N-dealkylation sites (N-methyl/N-ethyl adjacent to an activating group) is 1. The van der Waals surface area contributed by atoms with Gasteiger partial charge in [0.15, 0.2) is 11.4 Å². The molecule has 2 aromatic carbocycles. The van der Waals surface area contributed by atoms with Crippen molar-refractivity contribution >= 4 is 17.5 Å². The van der Waals surface area contributed by atoms with Crippen molar-refractivity contribution in [2.45, 2.75) is 31.4 Å². The number of aliphatic hydroxyl groups excluding tert-OH is 2. The molecule has 0 fully saturated rings. The highest BCUT2D eigenvalue weighted by Gasteiger charge is 2.63. The van der Waals surface area contributed by atoms with Crippen LogP contribution in [0.3, 0.4) is 0 Å². The third-order valence-corrected chi connectivity index (χ3v) is 8.00. The minimum atomic E-state index is -2.66. The number of aliphatic hydroxyl groups is 3. The summed E-state index contributed by atoms with van der Waals surface area (Å²) in [5, 5.41) is 44.5. The van der Waals surface area contributed by atoms with Crippen LogP contribution in [-0.4, -0.2) is 68.5 Å². The highest BCUT2D eigenvalue weighted by molar-refractivity contribution is 6.24. The zero-order valence-electron chi connectivity index (χ0n) is 21.6. The van der Waals surface area contributed by atoms with E-state index in [-0.39, 0.29) is 29.7 Å². The van der Waals surface area contributed by atoms with Gasteiger partial charge in [0.05, 0.1) is 11.6 Å². The van der Waals surface area contributed by atoms with E-state index in [0.717, 1.165) is 11.1 Å². The quantitative estimate of drug-likeness (QED) is 0.291. The smallest absolute Gasteiger partial charge is 0.255 e. The van der Waals surface area contributed by atoms with Gasteiger partial charge in [-0.2, -0.15) is 0 Å². The van der Waals surface area contributed by atoms with Crippen LogP contribution in [0.1, 0.15) is 39.0 Å². The molecule has 9 heteroatoms. The monoisotopic (exact) mass is 528 g/mol. The maximum absolute atomic E-state index is 13.8. The van der Waals surface area contributed by atoms with E-state index in [1.165, 1.54) is 11.0 Å². The molecule has 0 saturated carbocycles. The summed E-state index contributed by atoms with van der Waals surface area (Å²) in [5.74, 6) is -0.653. The molecule has 6 N–H and O–H groups in total. The summed E-state index contributed by atoms with van der Waals surface area (Å²) in [6, 6.07) is 9.54. The van der Waals surface area contributed by atoms with Gasteiger partial charge in [-0.15, -0.1) is 0 Å². The molecule has 0 bridgehead atoms. The Labute approximate surface area is 224 Å². The molecule has 0 saturated heterocycles. The van der Waals surface area contributed by atoms with Crippen molar-refractivity contribution in [3.05, 3.63) is 86.9 Å². The minimum absolute atomic E-state index is 0.0201. The normalized spacial score (nSPS) is 26.0. The summed E-state index contributed by atoms with van der Waals surface area (Å²) >= 11 is 0. The van der Waals surface area contributed by atoms with Crippen molar-refractivity contribution in [1.82, 2.24) is 4.90 Å². The van der Waals surface area contributed by atoms with E-state index in [1.54, 1.807) is 20.2 Å². The molecular weight excluding hydrogens is 500 g/mol. The number of aromatic hydroxyl groups is 1. The molecule has 4 atom stereocenters. The predicted molar refractivity (Wildman–Crippen MR) is 141 cm³/mol. The van der Waals surface area contributed by atoms with Gasteiger partial charge in [0, 0.05) is 22.6 Å². The van der Waals surface area contributed by atoms with Gasteiger partial charge >= 0.3 is 0 Å². The Kier molecular flexibility index (Phi) is 6.13. The predicted octanol–water partition coefficient (Wildman–Crippen LogP) is 1.83. The molecule has 0 aliphatic heterocycles. The van der Waals surface area contributed by atoms with Crippen LogP contribution in [0, 0.1) is 30.6 Å². The van der Waals surface area contributed by atoms with Crippen LogP contribution in [0.15, 0.2) is 59.1 Å². The molecule has 1 amide bonds. The minimum Gasteiger partial charge on any atom is -0.510 e. The number of fused-ring (bicyclic) bond motifs is 3. The second-order valence-corrected chi connectivity index (χ2v) is 10.6. The lowest BCUT2D eigenvalue weighted by molar-refractivity contribution is -0.148. The fourth-order valence-electron chi connectivity index (χ4n) is 6.14. The molecule has 5 rings (SSSR count). The third-order valence-electron chi connectivity index (χ3n) is 8.00. The summed E-state index contributed by atoms with van der Waals surface area (Å²) in [6.07, 6.45) is 0.201. The number of phenolic OH excluding ortho intramolecular Hbond substituents is 1. The molecule has 39 heavy (non-hydrogen) atoms. The number of amides is 1. The van der Waals surface area contributed by atoms with Crippen LogP contribution in [-0.2, 0) is 16.0 Å². The number of aryl methyl sites for hydroxylation is 1. The topological polar surface area (TPSA) is 161 Å². The number of ketones is 2. The number of nitrogens with zero attached hydrogens (tertiary/aromatic N) is 1. The molecule has 3 aliphatic rings. The number of allylic oxidation sites excluding steroid dienone is 1. The third kappa shape index (κ3) is 3.83. The highest BCUT2D eigenvalue weighted by Crippen LogP contribution is 2.52. The van der Waals surface area contributed by atoms with Crippen LogP contribution in [0.5, 0.6) is 5.75 Å². The van der Waals surface area contributed by atoms with E-state index >= 15 is 0 Å². The summed E-state index contributed by atoms with van der Waals surface area (Å²) in [4.78, 5) is 40.7. The van der Waals surface area contributed by atoms with E-state index in [1.807, 2.05) is 31.2 Å². The number of benzene rings is 2. The van der Waals surface area contributed by atoms with Crippen molar-refractivity contribution in [1.29, 1.82) is 0 Å². The number of carbonyl (C=O) groups is 3. The van der Waals surface area contributed by atoms with Crippen LogP contribution in [0.4, 0.5) is 0 Å². The van der Waals surface area contributed by atoms with Crippen LogP contribution in [0.2, 0.25) is 0 Å². The van der Waals surface area contributed by atoms with Crippen molar-refractivity contribution in [3.8, 4) is 17.6 Å². The fraction of sp³-hybridized carbons (Fsp3) is 0.300. The second-order valence-electron chi connectivity index (χ2n) is 10.6. The highest BCUT2D eigenvalue weighted by atomic mass is 16.3. The standard InChI is InChI=1S/C30H28N2O7/c1-14-4-6-15(7-5-14)8-9-16-10-11-20(33)22-18(16)12-17-13-19-24(32(2)3)26(35)23(29(31)38)28(37)30(19,39)27(36)21(17)25(22)34/h4-7,10-11,17,19,24,33,35-36,39H,12-13H2,1-3H3,(H2,31,38)/t17-,19-,24-,30-/m0/s1. The van der Waals surface area contributed by atoms with Gasteiger partial charge in [-0.3, -0.25) is 19.3 Å². The maximum atomic E-state index is 13.8. The Hall–Kier alpha value is -4.39. The van der Waals surface area contributed by atoms with Gasteiger partial charge in [-0.25, -0.2) is 0 Å². The lowest BCUT2D eigenvalue weighted by Crippen LogP contribution is -2.63. The molecule has 0 radical (unpaired) electrons. The number of hydrogen-bond donors (Lipinski definition) is 5. The van der Waals surface area contributed by atoms with E-state index in [4.69, 9.17) is 5.73 Å². The SMILES string of the molecule is Cc1ccc(C#Cc2ccc(O)c3c2C[C@H]2C[C@H]4[C@H](N(C)C)C(O)=C(C(N)=O)C(=O)[C@@]4(O)C(O)=C2C3=O)cc1. The molecule has 9 nitrogen and oxygen atoms in total. The zero-order chi connectivity index (χ0) is 28.4. The number of hydrogen-bond acceptors (Lipinski definition) is 8. The summed E-state index contributed by atoms with van der Waals surface area (Å²) in [5.41, 5.74) is 4.47. The number of phenols is 1. The molecule has 2 aromatic rings. The molecular formula is C30H28N2O7. The van der Waals surface area contributed by atoms with Gasteiger partial charge in [0.2, 0.25) is 5.78 Å². The number of Topliss-reactive ketones (excluding diaryl/α,β-unsaturated/α-hetero) is 2. The Morgan fingerprint density at radius 1 is 1.05 bits per heavy atom. The zero-order valence-corrected chi connectivity index (χ0v) is 21.6. The number of primary amides is 1. The molecule has 0 aromatic heterocycles. The summed E-state index contributed by atoms with van der Waals surface area (Å²) < 4.78 is 0. The Morgan fingerprint density at radius 2 is 1.72 bits per heavy atom. The van der Waals surface area contributed by atoms with Gasteiger partial charge in [0.1, 0.15) is 22.8 Å². The van der Waals surface area contributed by atoms with Crippen LogP contribution >= 0.6 is 0 Å². The summed E-state index contributed by atoms with van der Waals surface area (Å²) in [6.45, 7) is 1.97. The van der Waals surface area contributed by atoms with Gasteiger partial charge in [0.25, 0.3) is 5.91 Å². The van der Waals surface area contributed by atoms with Crippen LogP contribution < -0.4 is 5.73 Å². The first-order chi connectivity index (χ1) is 18.4. The van der Waals surface area contributed by atoms with Crippen molar-refractivity contribution < 1.29 is 34.8 Å². The first-order valence-corrected chi connectivity index (χ1v) is 12.5. The van der Waals surface area contributed by atoms with E-state index in [0.29, 0.717) is 11.1 Å².